The van der Waals surface area contributed by atoms with Gasteiger partial charge in [-0.05, 0) is 37.9 Å². The Labute approximate surface area is 152 Å². The van der Waals surface area contributed by atoms with Gasteiger partial charge in [0.15, 0.2) is 0 Å². The number of nitrogens with zero attached hydrogens (tertiary/aromatic N) is 3. The van der Waals surface area contributed by atoms with Crippen LogP contribution in [-0.2, 0) is 9.59 Å². The van der Waals surface area contributed by atoms with Crippen LogP contribution in [0.2, 0.25) is 0 Å². The molecule has 0 bridgehead atoms. The van der Waals surface area contributed by atoms with Crippen LogP contribution in [0, 0.1) is 0 Å². The van der Waals surface area contributed by atoms with Crippen molar-refractivity contribution in [3.05, 3.63) is 42.1 Å². The zero-order valence-electron chi connectivity index (χ0n) is 14.9. The summed E-state index contributed by atoms with van der Waals surface area (Å²) < 4.78 is 1.74. The number of carbonyl (C=O) groups is 2. The molecular formula is C19H24N4O3. The molecule has 138 valence electrons. The number of para-hydroxylation sites is 1. The molecule has 3 rings (SSSR count). The summed E-state index contributed by atoms with van der Waals surface area (Å²) in [5, 5.41) is 16.5. The first-order chi connectivity index (χ1) is 12.6. The Morgan fingerprint density at radius 3 is 2.62 bits per heavy atom. The molecule has 0 saturated heterocycles. The van der Waals surface area contributed by atoms with Crippen LogP contribution >= 0.6 is 0 Å². The van der Waals surface area contributed by atoms with Crippen LogP contribution in [0.5, 0.6) is 0 Å². The Bertz CT molecular complexity index is 768. The molecule has 1 heterocycles. The Morgan fingerprint density at radius 2 is 2.00 bits per heavy atom. The molecule has 7 heteroatoms. The first-order valence-electron chi connectivity index (χ1n) is 8.96. The lowest BCUT2D eigenvalue weighted by Gasteiger charge is -2.18. The van der Waals surface area contributed by atoms with E-state index in [0.29, 0.717) is 18.3 Å². The molecule has 1 fully saturated rings. The fraction of sp³-hybridized carbons (Fsp3) is 0.421. The fourth-order valence-electron chi connectivity index (χ4n) is 2.94. The molecule has 0 spiro atoms. The molecule has 1 amide bonds. The van der Waals surface area contributed by atoms with Gasteiger partial charge >= 0.3 is 5.97 Å². The summed E-state index contributed by atoms with van der Waals surface area (Å²) in [6, 6.07) is 11.6. The number of carboxylic acids is 1. The molecular weight excluding hydrogens is 332 g/mol. The number of carboxylic acid groups (broad SMARTS) is 1. The van der Waals surface area contributed by atoms with Crippen molar-refractivity contribution < 1.29 is 14.7 Å². The second-order valence-corrected chi connectivity index (χ2v) is 6.63. The smallest absolute Gasteiger partial charge is 0.317 e. The highest BCUT2D eigenvalue weighted by Crippen LogP contribution is 2.40. The van der Waals surface area contributed by atoms with E-state index in [2.05, 4.69) is 10.4 Å². The summed E-state index contributed by atoms with van der Waals surface area (Å²) in [5.74, 6) is -0.0789. The molecule has 26 heavy (non-hydrogen) atoms. The number of aliphatic carboxylic acids is 1. The van der Waals surface area contributed by atoms with Gasteiger partial charge in [0.1, 0.15) is 5.82 Å². The summed E-state index contributed by atoms with van der Waals surface area (Å²) in [6.45, 7) is 2.41. The molecule has 0 unspecified atom stereocenters. The summed E-state index contributed by atoms with van der Waals surface area (Å²) in [4.78, 5) is 25.1. The van der Waals surface area contributed by atoms with Crippen molar-refractivity contribution in [2.24, 2.45) is 0 Å². The molecule has 0 radical (unpaired) electrons. The van der Waals surface area contributed by atoms with E-state index in [1.165, 1.54) is 0 Å². The zero-order valence-corrected chi connectivity index (χ0v) is 14.9. The molecule has 0 atom stereocenters. The van der Waals surface area contributed by atoms with E-state index in [0.717, 1.165) is 30.6 Å². The van der Waals surface area contributed by atoms with Crippen LogP contribution in [0.3, 0.4) is 0 Å². The molecule has 0 aliphatic heterocycles. The number of nitrogens with one attached hydrogen (secondary N) is 1. The Morgan fingerprint density at radius 1 is 1.27 bits per heavy atom. The van der Waals surface area contributed by atoms with E-state index in [1.54, 1.807) is 9.58 Å². The lowest BCUT2D eigenvalue weighted by atomic mass is 10.3. The van der Waals surface area contributed by atoms with Crippen LogP contribution in [0.15, 0.2) is 36.4 Å². The van der Waals surface area contributed by atoms with Crippen molar-refractivity contribution in [3.8, 4) is 5.69 Å². The van der Waals surface area contributed by atoms with Gasteiger partial charge in [-0.25, -0.2) is 4.68 Å². The van der Waals surface area contributed by atoms with E-state index >= 15 is 0 Å². The Balaban J connectivity index is 1.75. The number of hydrogen-bond acceptors (Lipinski definition) is 4. The maximum Gasteiger partial charge on any atom is 0.317 e. The highest BCUT2D eigenvalue weighted by Gasteiger charge is 2.28. The number of rotatable bonds is 9. The van der Waals surface area contributed by atoms with E-state index < -0.39 is 5.97 Å². The van der Waals surface area contributed by atoms with Gasteiger partial charge in [0.05, 0.1) is 24.5 Å². The highest BCUT2D eigenvalue weighted by molar-refractivity contribution is 5.92. The molecule has 1 aliphatic rings. The van der Waals surface area contributed by atoms with Crippen molar-refractivity contribution in [1.29, 1.82) is 0 Å². The maximum absolute atomic E-state index is 12.5. The number of hydrogen-bond donors (Lipinski definition) is 2. The van der Waals surface area contributed by atoms with Gasteiger partial charge in [-0.15, -0.1) is 0 Å². The van der Waals surface area contributed by atoms with Crippen molar-refractivity contribution in [1.82, 2.24) is 14.7 Å². The molecule has 1 aromatic carbocycles. The van der Waals surface area contributed by atoms with Gasteiger partial charge in [0, 0.05) is 12.0 Å². The molecule has 2 aromatic rings. The minimum absolute atomic E-state index is 0.0405. The lowest BCUT2D eigenvalue weighted by molar-refractivity contribution is -0.138. The first kappa shape index (κ1) is 18.1. The number of amides is 1. The molecule has 1 saturated carbocycles. The van der Waals surface area contributed by atoms with Gasteiger partial charge in [-0.1, -0.05) is 25.1 Å². The minimum atomic E-state index is -0.934. The van der Waals surface area contributed by atoms with Crippen LogP contribution in [0.1, 0.15) is 37.8 Å². The number of benzene rings is 1. The molecule has 1 aromatic heterocycles. The van der Waals surface area contributed by atoms with Crippen LogP contribution in [0.25, 0.3) is 5.69 Å². The number of aromatic nitrogens is 2. The van der Waals surface area contributed by atoms with E-state index in [4.69, 9.17) is 5.11 Å². The Kier molecular flexibility index (Phi) is 5.68. The third kappa shape index (κ3) is 4.70. The van der Waals surface area contributed by atoms with E-state index in [-0.39, 0.29) is 19.0 Å². The van der Waals surface area contributed by atoms with Crippen molar-refractivity contribution in [2.45, 2.75) is 32.1 Å². The summed E-state index contributed by atoms with van der Waals surface area (Å²) in [7, 11) is 0. The summed E-state index contributed by atoms with van der Waals surface area (Å²) >= 11 is 0. The average Bonchev–Trinajstić information content (AvgIpc) is 3.36. The summed E-state index contributed by atoms with van der Waals surface area (Å²) in [5.41, 5.74) is 1.87. The topological polar surface area (TPSA) is 87.5 Å². The van der Waals surface area contributed by atoms with E-state index in [1.807, 2.05) is 43.3 Å². The molecule has 2 N–H and O–H groups in total. The van der Waals surface area contributed by atoms with E-state index in [9.17, 15) is 9.59 Å². The second-order valence-electron chi connectivity index (χ2n) is 6.63. The molecule has 1 aliphatic carbocycles. The third-order valence-electron chi connectivity index (χ3n) is 4.26. The van der Waals surface area contributed by atoms with Crippen molar-refractivity contribution >= 4 is 17.7 Å². The standard InChI is InChI=1S/C19H24N4O3/c1-2-10-22(13-19(25)26)12-18(24)20-17-11-16(14-8-9-14)21-23(17)15-6-4-3-5-7-15/h3-7,11,14H,2,8-10,12-13H2,1H3,(H,20,24)(H,25,26). The van der Waals surface area contributed by atoms with Crippen molar-refractivity contribution in [2.75, 3.05) is 25.0 Å². The lowest BCUT2D eigenvalue weighted by Crippen LogP contribution is -2.37. The second kappa shape index (κ2) is 8.14. The maximum atomic E-state index is 12.5. The first-order valence-corrected chi connectivity index (χ1v) is 8.96. The van der Waals surface area contributed by atoms with Gasteiger partial charge < -0.3 is 10.4 Å². The number of anilines is 1. The van der Waals surface area contributed by atoms with Crippen LogP contribution in [-0.4, -0.2) is 51.3 Å². The highest BCUT2D eigenvalue weighted by atomic mass is 16.4. The largest absolute Gasteiger partial charge is 0.480 e. The van der Waals surface area contributed by atoms with Gasteiger partial charge in [-0.3, -0.25) is 14.5 Å². The predicted molar refractivity (Wildman–Crippen MR) is 98.5 cm³/mol. The fourth-order valence-corrected chi connectivity index (χ4v) is 2.94. The predicted octanol–water partition coefficient (Wildman–Crippen LogP) is 2.48. The third-order valence-corrected chi connectivity index (χ3v) is 4.26. The Hall–Kier alpha value is -2.67. The molecule has 7 nitrogen and oxygen atoms in total. The zero-order chi connectivity index (χ0) is 18.5. The van der Waals surface area contributed by atoms with Crippen LogP contribution < -0.4 is 5.32 Å². The van der Waals surface area contributed by atoms with Gasteiger partial charge in [0.2, 0.25) is 5.91 Å². The normalized spacial score (nSPS) is 13.8. The van der Waals surface area contributed by atoms with Gasteiger partial charge in [-0.2, -0.15) is 5.10 Å². The van der Waals surface area contributed by atoms with Gasteiger partial charge in [0.25, 0.3) is 0 Å². The SMILES string of the molecule is CCCN(CC(=O)O)CC(=O)Nc1cc(C2CC2)nn1-c1ccccc1. The van der Waals surface area contributed by atoms with Crippen molar-refractivity contribution in [3.63, 3.8) is 0 Å². The monoisotopic (exact) mass is 356 g/mol. The quantitative estimate of drug-likeness (QED) is 0.721. The average molecular weight is 356 g/mol. The van der Waals surface area contributed by atoms with Crippen LogP contribution in [0.4, 0.5) is 5.82 Å². The number of carbonyl (C=O) groups excluding carboxylic acids is 1. The minimum Gasteiger partial charge on any atom is -0.480 e. The summed E-state index contributed by atoms with van der Waals surface area (Å²) in [6.07, 6.45) is 3.04.